The Morgan fingerprint density at radius 1 is 0.839 bits per heavy atom. The van der Waals surface area contributed by atoms with Crippen LogP contribution in [0.3, 0.4) is 0 Å². The number of amides is 1. The molecule has 7 nitrogen and oxygen atoms in total. The molecule has 0 fully saturated rings. The number of rotatable bonds is 5. The maximum Gasteiger partial charge on any atom is 0.255 e. The molecule has 5 aromatic rings. The fourth-order valence-corrected chi connectivity index (χ4v) is 3.15. The summed E-state index contributed by atoms with van der Waals surface area (Å²) in [6.07, 6.45) is 3.46. The van der Waals surface area contributed by atoms with Crippen LogP contribution in [-0.2, 0) is 0 Å². The number of hydrogen-bond donors (Lipinski definition) is 1. The predicted molar refractivity (Wildman–Crippen MR) is 118 cm³/mol. The number of hydrogen-bond acceptors (Lipinski definition) is 5. The minimum absolute atomic E-state index is 0.167. The van der Waals surface area contributed by atoms with Crippen LogP contribution in [0.1, 0.15) is 10.4 Å². The SMILES string of the molecule is O=C(Nc1ccc(Oc2ccc(-n3cccn3)nn2)cc1)c1ccc2ccccc2c1. The van der Waals surface area contributed by atoms with Crippen LogP contribution in [0.5, 0.6) is 11.6 Å². The van der Waals surface area contributed by atoms with Gasteiger partial charge >= 0.3 is 0 Å². The highest BCUT2D eigenvalue weighted by atomic mass is 16.5. The Balaban J connectivity index is 1.24. The van der Waals surface area contributed by atoms with Crippen molar-refractivity contribution in [3.63, 3.8) is 0 Å². The molecule has 0 radical (unpaired) electrons. The van der Waals surface area contributed by atoms with Crippen molar-refractivity contribution in [3.05, 3.63) is 103 Å². The lowest BCUT2D eigenvalue weighted by molar-refractivity contribution is 0.102. The van der Waals surface area contributed by atoms with Gasteiger partial charge in [-0.15, -0.1) is 10.2 Å². The van der Waals surface area contributed by atoms with Gasteiger partial charge in [-0.05, 0) is 59.3 Å². The Hall–Kier alpha value is -4.52. The second kappa shape index (κ2) is 8.08. The van der Waals surface area contributed by atoms with E-state index in [4.69, 9.17) is 4.74 Å². The number of aromatic nitrogens is 4. The maximum atomic E-state index is 12.6. The lowest BCUT2D eigenvalue weighted by Gasteiger charge is -2.08. The van der Waals surface area contributed by atoms with Crippen LogP contribution >= 0.6 is 0 Å². The van der Waals surface area contributed by atoms with Crippen LogP contribution in [0.2, 0.25) is 0 Å². The molecule has 5 rings (SSSR count). The van der Waals surface area contributed by atoms with Crippen LogP contribution in [0, 0.1) is 0 Å². The first-order valence-corrected chi connectivity index (χ1v) is 9.66. The van der Waals surface area contributed by atoms with Crippen molar-refractivity contribution in [1.29, 1.82) is 0 Å². The molecule has 0 unspecified atom stereocenters. The summed E-state index contributed by atoms with van der Waals surface area (Å²) >= 11 is 0. The Bertz CT molecular complexity index is 1330. The molecule has 0 atom stereocenters. The van der Waals surface area contributed by atoms with Crippen molar-refractivity contribution >= 4 is 22.4 Å². The van der Waals surface area contributed by atoms with Gasteiger partial charge in [0.25, 0.3) is 5.91 Å². The van der Waals surface area contributed by atoms with Gasteiger partial charge in [-0.25, -0.2) is 4.68 Å². The first-order valence-electron chi connectivity index (χ1n) is 9.66. The van der Waals surface area contributed by atoms with Gasteiger partial charge in [0.15, 0.2) is 5.82 Å². The summed E-state index contributed by atoms with van der Waals surface area (Å²) in [5.41, 5.74) is 1.28. The van der Waals surface area contributed by atoms with Crippen LogP contribution in [-0.4, -0.2) is 25.9 Å². The van der Waals surface area contributed by atoms with Gasteiger partial charge in [0.2, 0.25) is 5.88 Å². The van der Waals surface area contributed by atoms with E-state index in [1.165, 1.54) is 0 Å². The molecule has 1 amide bonds. The lowest BCUT2D eigenvalue weighted by atomic mass is 10.1. The Morgan fingerprint density at radius 3 is 2.42 bits per heavy atom. The molecule has 3 aromatic carbocycles. The average Bonchev–Trinajstić information content (AvgIpc) is 3.35. The second-order valence-electron chi connectivity index (χ2n) is 6.82. The van der Waals surface area contributed by atoms with Gasteiger partial charge in [-0.1, -0.05) is 30.3 Å². The first kappa shape index (κ1) is 18.5. The highest BCUT2D eigenvalue weighted by Gasteiger charge is 2.08. The summed E-state index contributed by atoms with van der Waals surface area (Å²) in [4.78, 5) is 12.6. The molecule has 0 saturated carbocycles. The number of benzene rings is 3. The number of anilines is 1. The second-order valence-corrected chi connectivity index (χ2v) is 6.82. The molecular weight excluding hydrogens is 390 g/mol. The number of nitrogens with one attached hydrogen (secondary N) is 1. The lowest BCUT2D eigenvalue weighted by Crippen LogP contribution is -2.11. The van der Waals surface area contributed by atoms with E-state index < -0.39 is 0 Å². The maximum absolute atomic E-state index is 12.6. The van der Waals surface area contributed by atoms with Crippen LogP contribution in [0.25, 0.3) is 16.6 Å². The van der Waals surface area contributed by atoms with E-state index in [0.29, 0.717) is 28.7 Å². The molecule has 0 saturated heterocycles. The zero-order valence-electron chi connectivity index (χ0n) is 16.3. The van der Waals surface area contributed by atoms with Crippen LogP contribution in [0.15, 0.2) is 97.3 Å². The van der Waals surface area contributed by atoms with Gasteiger partial charge in [0.1, 0.15) is 5.75 Å². The molecule has 2 aromatic heterocycles. The molecule has 1 N–H and O–H groups in total. The molecule has 7 heteroatoms. The molecular formula is C24H17N5O2. The van der Waals surface area contributed by atoms with Gasteiger partial charge in [0.05, 0.1) is 0 Å². The normalized spacial score (nSPS) is 10.7. The highest BCUT2D eigenvalue weighted by Crippen LogP contribution is 2.22. The molecule has 2 heterocycles. The van der Waals surface area contributed by atoms with Crippen LogP contribution in [0.4, 0.5) is 5.69 Å². The third kappa shape index (κ3) is 4.11. The van der Waals surface area contributed by atoms with E-state index in [-0.39, 0.29) is 5.91 Å². The number of fused-ring (bicyclic) bond motifs is 1. The molecule has 0 bridgehead atoms. The van der Waals surface area contributed by atoms with Crippen molar-refractivity contribution in [2.75, 3.05) is 5.32 Å². The molecule has 31 heavy (non-hydrogen) atoms. The summed E-state index contributed by atoms with van der Waals surface area (Å²) in [6, 6.07) is 26.0. The number of carbonyl (C=O) groups is 1. The summed E-state index contributed by atoms with van der Waals surface area (Å²) in [5.74, 6) is 1.39. The van der Waals surface area contributed by atoms with E-state index in [0.717, 1.165) is 10.8 Å². The zero-order chi connectivity index (χ0) is 21.0. The van der Waals surface area contributed by atoms with Gasteiger partial charge < -0.3 is 10.1 Å². The Morgan fingerprint density at radius 2 is 1.68 bits per heavy atom. The van der Waals surface area contributed by atoms with Crippen molar-refractivity contribution < 1.29 is 9.53 Å². The van der Waals surface area contributed by atoms with Gasteiger partial charge in [0, 0.05) is 29.7 Å². The fourth-order valence-electron chi connectivity index (χ4n) is 3.15. The number of carbonyl (C=O) groups excluding carboxylic acids is 1. The summed E-state index contributed by atoms with van der Waals surface area (Å²) < 4.78 is 7.34. The van der Waals surface area contributed by atoms with E-state index in [1.807, 2.05) is 48.5 Å². The standard InChI is InChI=1S/C24H17N5O2/c30-24(19-7-6-17-4-1-2-5-18(17)16-19)26-20-8-10-21(11-9-20)31-23-13-12-22(27-28-23)29-15-3-14-25-29/h1-16H,(H,26,30). The van der Waals surface area contributed by atoms with Gasteiger partial charge in [-0.3, -0.25) is 4.79 Å². The largest absolute Gasteiger partial charge is 0.438 e. The van der Waals surface area contributed by atoms with Crippen molar-refractivity contribution in [1.82, 2.24) is 20.0 Å². The molecule has 0 spiro atoms. The molecule has 0 aliphatic heterocycles. The van der Waals surface area contributed by atoms with Gasteiger partial charge in [-0.2, -0.15) is 5.10 Å². The highest BCUT2D eigenvalue weighted by molar-refractivity contribution is 6.06. The third-order valence-electron chi connectivity index (χ3n) is 4.71. The quantitative estimate of drug-likeness (QED) is 0.450. The first-order chi connectivity index (χ1) is 15.2. The van der Waals surface area contributed by atoms with E-state index in [9.17, 15) is 4.79 Å². The molecule has 150 valence electrons. The van der Waals surface area contributed by atoms with Crippen molar-refractivity contribution in [3.8, 4) is 17.4 Å². The van der Waals surface area contributed by atoms with E-state index >= 15 is 0 Å². The van der Waals surface area contributed by atoms with Crippen molar-refractivity contribution in [2.24, 2.45) is 0 Å². The number of ether oxygens (including phenoxy) is 1. The average molecular weight is 407 g/mol. The summed E-state index contributed by atoms with van der Waals surface area (Å²) in [6.45, 7) is 0. The minimum atomic E-state index is -0.167. The predicted octanol–water partition coefficient (Wildman–Crippen LogP) is 4.86. The monoisotopic (exact) mass is 407 g/mol. The Kier molecular flexibility index (Phi) is 4.82. The third-order valence-corrected chi connectivity index (χ3v) is 4.71. The fraction of sp³-hybridized carbons (Fsp3) is 0. The van der Waals surface area contributed by atoms with E-state index in [1.54, 1.807) is 53.5 Å². The number of nitrogens with zero attached hydrogens (tertiary/aromatic N) is 4. The topological polar surface area (TPSA) is 81.9 Å². The van der Waals surface area contributed by atoms with Crippen LogP contribution < -0.4 is 10.1 Å². The minimum Gasteiger partial charge on any atom is -0.438 e. The zero-order valence-corrected chi connectivity index (χ0v) is 16.3. The molecule has 0 aliphatic carbocycles. The van der Waals surface area contributed by atoms with Crippen molar-refractivity contribution in [2.45, 2.75) is 0 Å². The summed E-state index contributed by atoms with van der Waals surface area (Å²) in [7, 11) is 0. The Labute approximate surface area is 177 Å². The summed E-state index contributed by atoms with van der Waals surface area (Å²) in [5, 5.41) is 17.3. The smallest absolute Gasteiger partial charge is 0.255 e. The molecule has 0 aliphatic rings. The van der Waals surface area contributed by atoms with E-state index in [2.05, 4.69) is 20.6 Å².